The Morgan fingerprint density at radius 1 is 1.12 bits per heavy atom. The lowest BCUT2D eigenvalue weighted by molar-refractivity contribution is -0.142. The molecule has 0 aliphatic heterocycles. The van der Waals surface area contributed by atoms with Crippen molar-refractivity contribution in [1.82, 2.24) is 15.5 Å². The van der Waals surface area contributed by atoms with Gasteiger partial charge in [0.05, 0.1) is 6.07 Å². The molecule has 8 heteroatoms. The first kappa shape index (κ1) is 29.0. The fourth-order valence-electron chi connectivity index (χ4n) is 3.47. The van der Waals surface area contributed by atoms with E-state index in [-0.39, 0.29) is 12.5 Å². The highest BCUT2D eigenvalue weighted by Crippen LogP contribution is 2.25. The summed E-state index contributed by atoms with van der Waals surface area (Å²) in [5.41, 5.74) is 0.220. The van der Waals surface area contributed by atoms with Crippen molar-refractivity contribution in [2.75, 3.05) is 6.54 Å². The van der Waals surface area contributed by atoms with E-state index in [1.165, 1.54) is 4.90 Å². The molecule has 1 aromatic carbocycles. The lowest BCUT2D eigenvalue weighted by Gasteiger charge is -2.35. The molecule has 8 nitrogen and oxygen atoms in total. The van der Waals surface area contributed by atoms with Crippen molar-refractivity contribution in [3.63, 3.8) is 0 Å². The highest BCUT2D eigenvalue weighted by Gasteiger charge is 2.37. The van der Waals surface area contributed by atoms with E-state index in [0.29, 0.717) is 12.0 Å². The van der Waals surface area contributed by atoms with Crippen LogP contribution in [0.3, 0.4) is 0 Å². The van der Waals surface area contributed by atoms with E-state index >= 15 is 0 Å². The van der Waals surface area contributed by atoms with E-state index in [1.54, 1.807) is 26.8 Å². The first-order valence-corrected chi connectivity index (χ1v) is 11.6. The molecule has 1 aromatic rings. The van der Waals surface area contributed by atoms with Gasteiger partial charge in [-0.25, -0.2) is 4.79 Å². The second-order valence-electron chi connectivity index (χ2n) is 11.0. The molecule has 2 N–H and O–H groups in total. The minimum absolute atomic E-state index is 0.0636. The minimum Gasteiger partial charge on any atom is -0.444 e. The highest BCUT2D eigenvalue weighted by molar-refractivity contribution is 5.92. The van der Waals surface area contributed by atoms with Crippen LogP contribution in [-0.4, -0.2) is 46.5 Å². The fraction of sp³-hybridized carbons (Fsp3) is 0.615. The summed E-state index contributed by atoms with van der Waals surface area (Å²) < 4.78 is 5.35. The van der Waals surface area contributed by atoms with Gasteiger partial charge in [0.25, 0.3) is 0 Å². The van der Waals surface area contributed by atoms with E-state index in [0.717, 1.165) is 5.56 Å². The molecular weight excluding hydrogens is 432 g/mol. The maximum Gasteiger partial charge on any atom is 0.408 e. The van der Waals surface area contributed by atoms with Gasteiger partial charge >= 0.3 is 6.09 Å². The third-order valence-electron chi connectivity index (χ3n) is 4.64. The third-order valence-corrected chi connectivity index (χ3v) is 4.64. The van der Waals surface area contributed by atoms with Crippen LogP contribution in [0.4, 0.5) is 4.79 Å². The minimum atomic E-state index is -1.04. The van der Waals surface area contributed by atoms with Gasteiger partial charge in [0.15, 0.2) is 0 Å². The molecule has 3 amide bonds. The first-order valence-electron chi connectivity index (χ1n) is 11.6. The van der Waals surface area contributed by atoms with Crippen LogP contribution in [0.15, 0.2) is 24.3 Å². The summed E-state index contributed by atoms with van der Waals surface area (Å²) in [5.74, 6) is -0.854. The number of ether oxygens (including phenoxy) is 1. The zero-order chi connectivity index (χ0) is 26.3. The van der Waals surface area contributed by atoms with E-state index in [4.69, 9.17) is 4.74 Å². The van der Waals surface area contributed by atoms with Gasteiger partial charge in [-0.1, -0.05) is 43.7 Å². The molecule has 0 aliphatic rings. The van der Waals surface area contributed by atoms with Crippen LogP contribution in [0, 0.1) is 24.2 Å². The summed E-state index contributed by atoms with van der Waals surface area (Å²) >= 11 is 0. The van der Waals surface area contributed by atoms with Crippen molar-refractivity contribution in [2.24, 2.45) is 5.92 Å². The molecule has 0 spiro atoms. The summed E-state index contributed by atoms with van der Waals surface area (Å²) in [6, 6.07) is 7.29. The van der Waals surface area contributed by atoms with Crippen molar-refractivity contribution in [2.45, 2.75) is 92.0 Å². The number of nitrogens with zero attached hydrogens (tertiary/aromatic N) is 2. The number of aryl methyl sites for hydroxylation is 1. The van der Waals surface area contributed by atoms with Gasteiger partial charge in [0, 0.05) is 5.54 Å². The van der Waals surface area contributed by atoms with Crippen molar-refractivity contribution < 1.29 is 19.1 Å². The van der Waals surface area contributed by atoms with E-state index < -0.39 is 41.1 Å². The Bertz CT molecular complexity index is 907. The molecule has 0 saturated heterocycles. The van der Waals surface area contributed by atoms with Gasteiger partial charge in [-0.3, -0.25) is 9.59 Å². The first-order chi connectivity index (χ1) is 15.5. The summed E-state index contributed by atoms with van der Waals surface area (Å²) in [7, 11) is 0. The molecule has 0 saturated carbocycles. The summed E-state index contributed by atoms with van der Waals surface area (Å²) in [4.78, 5) is 40.9. The zero-order valence-electron chi connectivity index (χ0n) is 22.0. The number of rotatable bonds is 8. The SMILES string of the molecule is Cc1cccc(C(C(=O)NC(C)(C)C)N(CC#N)C(=O)C(CC(C)C)NC(=O)OC(C)(C)C)c1. The number of benzene rings is 1. The quantitative estimate of drug-likeness (QED) is 0.550. The predicted molar refractivity (Wildman–Crippen MR) is 132 cm³/mol. The van der Waals surface area contributed by atoms with Gasteiger partial charge < -0.3 is 20.3 Å². The predicted octanol–water partition coefficient (Wildman–Crippen LogP) is 4.24. The molecule has 2 unspecified atom stereocenters. The zero-order valence-corrected chi connectivity index (χ0v) is 22.0. The topological polar surface area (TPSA) is 112 Å². The number of carbonyl (C=O) groups excluding carboxylic acids is 3. The van der Waals surface area contributed by atoms with Gasteiger partial charge in [-0.15, -0.1) is 0 Å². The summed E-state index contributed by atoms with van der Waals surface area (Å²) in [5, 5.41) is 15.1. The highest BCUT2D eigenvalue weighted by atomic mass is 16.6. The smallest absolute Gasteiger partial charge is 0.408 e. The Labute approximate surface area is 204 Å². The van der Waals surface area contributed by atoms with Crippen LogP contribution in [0.25, 0.3) is 0 Å². The Morgan fingerprint density at radius 2 is 1.74 bits per heavy atom. The number of hydrogen-bond acceptors (Lipinski definition) is 5. The van der Waals surface area contributed by atoms with Crippen molar-refractivity contribution in [3.05, 3.63) is 35.4 Å². The number of carbonyl (C=O) groups is 3. The Hall–Kier alpha value is -3.08. The molecule has 188 valence electrons. The maximum atomic E-state index is 13.8. The largest absolute Gasteiger partial charge is 0.444 e. The Kier molecular flexibility index (Phi) is 10.1. The maximum absolute atomic E-state index is 13.8. The molecule has 0 fully saturated rings. The normalized spacial score (nSPS) is 13.4. The van der Waals surface area contributed by atoms with Crippen LogP contribution < -0.4 is 10.6 Å². The van der Waals surface area contributed by atoms with Crippen molar-refractivity contribution >= 4 is 17.9 Å². The van der Waals surface area contributed by atoms with Crippen LogP contribution >= 0.6 is 0 Å². The summed E-state index contributed by atoms with van der Waals surface area (Å²) in [6.45, 7) is 16.2. The lowest BCUT2D eigenvalue weighted by atomic mass is 9.97. The van der Waals surface area contributed by atoms with Gasteiger partial charge in [-0.2, -0.15) is 5.26 Å². The second-order valence-corrected chi connectivity index (χ2v) is 11.0. The van der Waals surface area contributed by atoms with Crippen LogP contribution in [0.5, 0.6) is 0 Å². The second kappa shape index (κ2) is 11.9. The number of amides is 3. The monoisotopic (exact) mass is 472 g/mol. The van der Waals surface area contributed by atoms with Gasteiger partial charge in [0.1, 0.15) is 24.2 Å². The molecule has 1 rings (SSSR count). The Balaban J connectivity index is 3.47. The van der Waals surface area contributed by atoms with Crippen LogP contribution in [0.2, 0.25) is 0 Å². The van der Waals surface area contributed by atoms with Crippen LogP contribution in [0.1, 0.15) is 79.0 Å². The van der Waals surface area contributed by atoms with E-state index in [1.807, 2.05) is 65.8 Å². The molecule has 0 aliphatic carbocycles. The van der Waals surface area contributed by atoms with Crippen molar-refractivity contribution in [1.29, 1.82) is 5.26 Å². The number of alkyl carbamates (subject to hydrolysis) is 1. The molecule has 0 aromatic heterocycles. The number of nitriles is 1. The van der Waals surface area contributed by atoms with E-state index in [2.05, 4.69) is 10.6 Å². The average Bonchev–Trinajstić information content (AvgIpc) is 2.63. The van der Waals surface area contributed by atoms with Crippen LogP contribution in [-0.2, 0) is 14.3 Å². The molecular formula is C26H40N4O4. The third kappa shape index (κ3) is 9.82. The molecule has 2 atom stereocenters. The standard InChI is InChI=1S/C26H40N4O4/c1-17(2)15-20(28-24(33)34-26(7,8)9)23(32)30(14-13-27)21(22(31)29-25(4,5)6)19-12-10-11-18(3)16-19/h10-12,16-17,20-21H,14-15H2,1-9H3,(H,28,33)(H,29,31). The van der Waals surface area contributed by atoms with Gasteiger partial charge in [-0.05, 0) is 66.4 Å². The molecule has 0 heterocycles. The Morgan fingerprint density at radius 3 is 2.21 bits per heavy atom. The fourth-order valence-corrected chi connectivity index (χ4v) is 3.47. The van der Waals surface area contributed by atoms with Crippen molar-refractivity contribution in [3.8, 4) is 6.07 Å². The lowest BCUT2D eigenvalue weighted by Crippen LogP contribution is -2.55. The number of hydrogen-bond donors (Lipinski definition) is 2. The molecule has 0 radical (unpaired) electrons. The van der Waals surface area contributed by atoms with Gasteiger partial charge in [0.2, 0.25) is 11.8 Å². The average molecular weight is 473 g/mol. The van der Waals surface area contributed by atoms with E-state index in [9.17, 15) is 19.6 Å². The number of nitrogens with one attached hydrogen (secondary N) is 2. The summed E-state index contributed by atoms with van der Waals surface area (Å²) in [6.07, 6.45) is -0.406. The molecule has 0 bridgehead atoms. The molecule has 34 heavy (non-hydrogen) atoms.